The first kappa shape index (κ1) is 26.3. The van der Waals surface area contributed by atoms with Crippen molar-refractivity contribution >= 4 is 36.0 Å². The number of carbonyl (C=O) groups excluding carboxylic acids is 1. The van der Waals surface area contributed by atoms with Crippen LogP contribution in [0.2, 0.25) is 0 Å². The number of ether oxygens (including phenoxy) is 2. The van der Waals surface area contributed by atoms with Gasteiger partial charge in [-0.2, -0.15) is 0 Å². The molecule has 0 saturated carbocycles. The average molecular weight is 506 g/mol. The summed E-state index contributed by atoms with van der Waals surface area (Å²) < 4.78 is 11.2. The minimum Gasteiger partial charge on any atom is -0.488 e. The Hall–Kier alpha value is -1.71. The maximum atomic E-state index is 11.6. The molecular weight excluding hydrogens is 471 g/mol. The molecule has 0 fully saturated rings. The first-order valence-electron chi connectivity index (χ1n) is 9.18. The van der Waals surface area contributed by atoms with E-state index in [1.165, 1.54) is 0 Å². The molecule has 8 heteroatoms. The lowest BCUT2D eigenvalue weighted by atomic mass is 10.1. The molecule has 1 amide bonds. The van der Waals surface area contributed by atoms with Crippen LogP contribution in [0.15, 0.2) is 29.3 Å². The molecule has 0 aliphatic carbocycles. The average Bonchev–Trinajstić information content (AvgIpc) is 2.52. The lowest BCUT2D eigenvalue weighted by Crippen LogP contribution is -2.42. The van der Waals surface area contributed by atoms with E-state index in [0.29, 0.717) is 25.6 Å². The molecule has 0 radical (unpaired) electrons. The van der Waals surface area contributed by atoms with E-state index in [9.17, 15) is 4.79 Å². The minimum atomic E-state index is -0.502. The number of benzene rings is 1. The largest absolute Gasteiger partial charge is 0.488 e. The van der Waals surface area contributed by atoms with Crippen LogP contribution >= 0.6 is 24.0 Å². The molecule has 0 spiro atoms. The second-order valence-electron chi connectivity index (χ2n) is 8.10. The Bertz CT molecular complexity index is 637. The van der Waals surface area contributed by atoms with Gasteiger partial charge in [-0.1, -0.05) is 18.2 Å². The van der Waals surface area contributed by atoms with Gasteiger partial charge in [-0.15, -0.1) is 24.0 Å². The van der Waals surface area contributed by atoms with Crippen LogP contribution in [-0.2, 0) is 11.3 Å². The SMILES string of the molecule is CN=C(NCCNC(=O)OC(C)(C)C)NCc1ccccc1OC(C)(C)C.I. The van der Waals surface area contributed by atoms with Crippen molar-refractivity contribution in [1.29, 1.82) is 0 Å². The van der Waals surface area contributed by atoms with Gasteiger partial charge in [-0.05, 0) is 47.6 Å². The molecular formula is C20H35IN4O3. The molecule has 0 aliphatic rings. The standard InChI is InChI=1S/C20H34N4O3.HI/c1-19(2,3)26-16-11-9-8-10-15(16)14-24-17(21-7)22-12-13-23-18(25)27-20(4,5)6;/h8-11H,12-14H2,1-7H3,(H,23,25)(H2,21,22,24);1H. The summed E-state index contributed by atoms with van der Waals surface area (Å²) in [6.07, 6.45) is -0.430. The lowest BCUT2D eigenvalue weighted by Gasteiger charge is -2.23. The molecule has 1 rings (SSSR count). The highest BCUT2D eigenvalue weighted by Gasteiger charge is 2.16. The smallest absolute Gasteiger partial charge is 0.407 e. The van der Waals surface area contributed by atoms with Gasteiger partial charge in [-0.25, -0.2) is 4.79 Å². The molecule has 3 N–H and O–H groups in total. The Morgan fingerprint density at radius 1 is 0.964 bits per heavy atom. The quantitative estimate of drug-likeness (QED) is 0.237. The molecule has 0 aliphatic heterocycles. The fourth-order valence-electron chi connectivity index (χ4n) is 2.14. The number of carbonyl (C=O) groups is 1. The van der Waals surface area contributed by atoms with Gasteiger partial charge in [0.2, 0.25) is 0 Å². The zero-order valence-corrected chi connectivity index (χ0v) is 20.3. The van der Waals surface area contributed by atoms with Crippen LogP contribution in [0.1, 0.15) is 47.1 Å². The van der Waals surface area contributed by atoms with E-state index in [1.807, 2.05) is 65.8 Å². The Kier molecular flexibility index (Phi) is 11.2. The number of rotatable bonds is 6. The van der Waals surface area contributed by atoms with Crippen molar-refractivity contribution in [2.45, 2.75) is 59.3 Å². The summed E-state index contributed by atoms with van der Waals surface area (Å²) in [7, 11) is 1.70. The normalized spacial score (nSPS) is 11.9. The summed E-state index contributed by atoms with van der Waals surface area (Å²) in [5, 5.41) is 9.11. The maximum absolute atomic E-state index is 11.6. The second-order valence-corrected chi connectivity index (χ2v) is 8.10. The van der Waals surface area contributed by atoms with Gasteiger partial charge in [-0.3, -0.25) is 4.99 Å². The van der Waals surface area contributed by atoms with E-state index in [2.05, 4.69) is 20.9 Å². The van der Waals surface area contributed by atoms with Gasteiger partial charge in [0.05, 0.1) is 0 Å². The summed E-state index contributed by atoms with van der Waals surface area (Å²) in [5.41, 5.74) is 0.281. The molecule has 0 unspecified atom stereocenters. The third kappa shape index (κ3) is 11.9. The molecule has 28 heavy (non-hydrogen) atoms. The Morgan fingerprint density at radius 3 is 2.14 bits per heavy atom. The molecule has 0 heterocycles. The van der Waals surface area contributed by atoms with Crippen molar-refractivity contribution in [2.24, 2.45) is 4.99 Å². The maximum Gasteiger partial charge on any atom is 0.407 e. The number of alkyl carbamates (subject to hydrolysis) is 1. The van der Waals surface area contributed by atoms with E-state index in [1.54, 1.807) is 7.05 Å². The van der Waals surface area contributed by atoms with Crippen LogP contribution in [0.3, 0.4) is 0 Å². The Morgan fingerprint density at radius 2 is 1.57 bits per heavy atom. The molecule has 160 valence electrons. The summed E-state index contributed by atoms with van der Waals surface area (Å²) in [6.45, 7) is 13.1. The molecule has 7 nitrogen and oxygen atoms in total. The van der Waals surface area contributed by atoms with Gasteiger partial charge < -0.3 is 25.4 Å². The van der Waals surface area contributed by atoms with Crippen molar-refractivity contribution in [3.63, 3.8) is 0 Å². The summed E-state index contributed by atoms with van der Waals surface area (Å²) >= 11 is 0. The summed E-state index contributed by atoms with van der Waals surface area (Å²) in [5.74, 6) is 1.49. The van der Waals surface area contributed by atoms with Crippen LogP contribution in [0.4, 0.5) is 4.79 Å². The van der Waals surface area contributed by atoms with Crippen LogP contribution in [0.5, 0.6) is 5.75 Å². The number of guanidine groups is 1. The van der Waals surface area contributed by atoms with Crippen molar-refractivity contribution in [3.05, 3.63) is 29.8 Å². The van der Waals surface area contributed by atoms with Crippen LogP contribution < -0.4 is 20.7 Å². The molecule has 0 aromatic heterocycles. The second kappa shape index (κ2) is 12.0. The van der Waals surface area contributed by atoms with E-state index in [4.69, 9.17) is 9.47 Å². The number of para-hydroxylation sites is 1. The van der Waals surface area contributed by atoms with Crippen molar-refractivity contribution in [1.82, 2.24) is 16.0 Å². The number of amides is 1. The first-order chi connectivity index (χ1) is 12.5. The van der Waals surface area contributed by atoms with Crippen LogP contribution in [0.25, 0.3) is 0 Å². The van der Waals surface area contributed by atoms with Gasteiger partial charge >= 0.3 is 6.09 Å². The highest BCUT2D eigenvalue weighted by molar-refractivity contribution is 14.0. The van der Waals surface area contributed by atoms with Gasteiger partial charge in [0.1, 0.15) is 17.0 Å². The predicted octanol–water partition coefficient (Wildman–Crippen LogP) is 3.67. The fraction of sp³-hybridized carbons (Fsp3) is 0.600. The van der Waals surface area contributed by atoms with Gasteiger partial charge in [0, 0.05) is 32.2 Å². The third-order valence-electron chi connectivity index (χ3n) is 3.14. The zero-order chi connectivity index (χ0) is 20.5. The van der Waals surface area contributed by atoms with Crippen molar-refractivity contribution < 1.29 is 14.3 Å². The predicted molar refractivity (Wildman–Crippen MR) is 125 cm³/mol. The zero-order valence-electron chi connectivity index (χ0n) is 18.0. The Labute approximate surface area is 186 Å². The molecule has 0 bridgehead atoms. The van der Waals surface area contributed by atoms with Gasteiger partial charge in [0.15, 0.2) is 5.96 Å². The number of halogens is 1. The van der Waals surface area contributed by atoms with E-state index < -0.39 is 11.7 Å². The summed E-state index contributed by atoms with van der Waals surface area (Å²) in [6, 6.07) is 7.92. The third-order valence-corrected chi connectivity index (χ3v) is 3.14. The van der Waals surface area contributed by atoms with Crippen molar-refractivity contribution in [3.8, 4) is 5.75 Å². The highest BCUT2D eigenvalue weighted by Crippen LogP contribution is 2.22. The first-order valence-corrected chi connectivity index (χ1v) is 9.18. The number of hydrogen-bond acceptors (Lipinski definition) is 4. The van der Waals surface area contributed by atoms with Crippen LogP contribution in [-0.4, -0.2) is 43.4 Å². The molecule has 0 saturated heterocycles. The van der Waals surface area contributed by atoms with E-state index in [0.717, 1.165) is 11.3 Å². The van der Waals surface area contributed by atoms with E-state index >= 15 is 0 Å². The molecule has 1 aromatic rings. The van der Waals surface area contributed by atoms with Gasteiger partial charge in [0.25, 0.3) is 0 Å². The lowest BCUT2D eigenvalue weighted by molar-refractivity contribution is 0.0529. The Balaban J connectivity index is 0.00000729. The minimum absolute atomic E-state index is 0. The number of nitrogens with one attached hydrogen (secondary N) is 3. The topological polar surface area (TPSA) is 84.0 Å². The number of hydrogen-bond donors (Lipinski definition) is 3. The molecule has 1 aromatic carbocycles. The summed E-state index contributed by atoms with van der Waals surface area (Å²) in [4.78, 5) is 15.8. The van der Waals surface area contributed by atoms with Crippen LogP contribution in [0, 0.1) is 0 Å². The number of nitrogens with zero attached hydrogens (tertiary/aromatic N) is 1. The number of aliphatic imine (C=N–C) groups is 1. The molecule has 0 atom stereocenters. The highest BCUT2D eigenvalue weighted by atomic mass is 127. The monoisotopic (exact) mass is 506 g/mol. The van der Waals surface area contributed by atoms with Crippen molar-refractivity contribution in [2.75, 3.05) is 20.1 Å². The fourth-order valence-corrected chi connectivity index (χ4v) is 2.14. The van der Waals surface area contributed by atoms with E-state index in [-0.39, 0.29) is 29.6 Å².